The zero-order chi connectivity index (χ0) is 23.8. The number of hydrogen-bond acceptors (Lipinski definition) is 6. The van der Waals surface area contributed by atoms with Gasteiger partial charge in [0.25, 0.3) is 11.5 Å². The van der Waals surface area contributed by atoms with Crippen LogP contribution in [0.1, 0.15) is 5.56 Å². The molecule has 0 unspecified atom stereocenters. The van der Waals surface area contributed by atoms with Gasteiger partial charge in [-0.2, -0.15) is 5.10 Å². The van der Waals surface area contributed by atoms with Gasteiger partial charge in [-0.1, -0.05) is 84.6 Å². The number of hydrazone groups is 1. The summed E-state index contributed by atoms with van der Waals surface area (Å²) in [5.74, 6) is -0.212. The fraction of sp³-hybridized carbons (Fsp3) is 0.0769. The summed E-state index contributed by atoms with van der Waals surface area (Å²) in [4.78, 5) is 30.9. The highest BCUT2D eigenvalue weighted by Gasteiger charge is 2.17. The van der Waals surface area contributed by atoms with Gasteiger partial charge in [0.1, 0.15) is 4.83 Å². The van der Waals surface area contributed by atoms with Crippen molar-refractivity contribution in [3.63, 3.8) is 0 Å². The van der Waals surface area contributed by atoms with Crippen molar-refractivity contribution in [1.82, 2.24) is 15.0 Å². The smallest absolute Gasteiger partial charge is 0.263 e. The molecule has 4 aromatic rings. The number of nitrogens with zero attached hydrogens (tertiary/aromatic N) is 3. The molecule has 0 aliphatic carbocycles. The second kappa shape index (κ2) is 11.4. The fourth-order valence-corrected chi connectivity index (χ4v) is 5.06. The van der Waals surface area contributed by atoms with Gasteiger partial charge < -0.3 is 0 Å². The fourth-order valence-electron chi connectivity index (χ4n) is 3.27. The Hall–Kier alpha value is -3.75. The molecule has 0 fully saturated rings. The number of carbonyl (C=O) groups is 1. The van der Waals surface area contributed by atoms with Gasteiger partial charge in [-0.05, 0) is 17.2 Å². The Balaban J connectivity index is 1.47. The van der Waals surface area contributed by atoms with E-state index in [1.54, 1.807) is 16.7 Å². The largest absolute Gasteiger partial charge is 0.283 e. The first-order chi connectivity index (χ1) is 16.7. The Kier molecular flexibility index (Phi) is 7.85. The van der Waals surface area contributed by atoms with E-state index in [0.717, 1.165) is 16.7 Å². The van der Waals surface area contributed by atoms with E-state index in [1.807, 2.05) is 72.1 Å². The van der Waals surface area contributed by atoms with Crippen LogP contribution in [0, 0.1) is 0 Å². The lowest BCUT2D eigenvalue weighted by molar-refractivity contribution is -0.118. The van der Waals surface area contributed by atoms with Crippen LogP contribution in [0.15, 0.2) is 99.8 Å². The van der Waals surface area contributed by atoms with E-state index in [9.17, 15) is 9.59 Å². The van der Waals surface area contributed by atoms with Crippen LogP contribution in [0.25, 0.3) is 27.4 Å². The van der Waals surface area contributed by atoms with Crippen LogP contribution in [-0.2, 0) is 11.3 Å². The lowest BCUT2D eigenvalue weighted by atomic mass is 10.1. The highest BCUT2D eigenvalue weighted by molar-refractivity contribution is 7.99. The zero-order valence-electron chi connectivity index (χ0n) is 18.3. The van der Waals surface area contributed by atoms with Crippen LogP contribution in [0.3, 0.4) is 0 Å². The van der Waals surface area contributed by atoms with E-state index >= 15 is 0 Å². The quantitative estimate of drug-likeness (QED) is 0.116. The first-order valence-electron chi connectivity index (χ1n) is 10.5. The van der Waals surface area contributed by atoms with E-state index < -0.39 is 0 Å². The number of fused-ring (bicyclic) bond motifs is 1. The summed E-state index contributed by atoms with van der Waals surface area (Å²) in [5, 5.41) is 6.94. The summed E-state index contributed by atoms with van der Waals surface area (Å²) in [6, 6.07) is 19.6. The molecule has 1 N–H and O–H groups in total. The van der Waals surface area contributed by atoms with E-state index in [1.165, 1.54) is 29.3 Å². The van der Waals surface area contributed by atoms with Crippen LogP contribution >= 0.6 is 23.1 Å². The molecule has 8 heteroatoms. The molecular weight excluding hydrogens is 464 g/mol. The first-order valence-corrected chi connectivity index (χ1v) is 12.4. The standard InChI is InChI=1S/C26H22N4O2S2/c1-2-16-30-25(32)23-21(20-13-7-4-8-14-20)17-33-24(23)28-26(30)34-18-22(31)29-27-15-9-12-19-10-5-3-6-11-19/h2-15,17H,1,16,18H2,(H,29,31)/b12-9+,27-15+. The molecule has 0 radical (unpaired) electrons. The Labute approximate surface area is 205 Å². The SMILES string of the molecule is C=CCn1c(SCC(=O)N/N=C/C=C/c2ccccc2)nc2scc(-c3ccccc3)c2c1=O. The molecular formula is C26H22N4O2S2. The lowest BCUT2D eigenvalue weighted by Crippen LogP contribution is -2.24. The van der Waals surface area contributed by atoms with Gasteiger partial charge in [-0.3, -0.25) is 14.2 Å². The number of benzene rings is 2. The Morgan fingerprint density at radius 1 is 1.15 bits per heavy atom. The lowest BCUT2D eigenvalue weighted by Gasteiger charge is -2.10. The number of nitrogens with one attached hydrogen (secondary N) is 1. The Bertz CT molecular complexity index is 1410. The predicted octanol–water partition coefficient (Wildman–Crippen LogP) is 5.22. The first kappa shape index (κ1) is 23.4. The maximum Gasteiger partial charge on any atom is 0.263 e. The van der Waals surface area contributed by atoms with Crippen molar-refractivity contribution < 1.29 is 4.79 Å². The summed E-state index contributed by atoms with van der Waals surface area (Å²) in [6.45, 7) is 4.07. The molecule has 1 amide bonds. The molecule has 4 rings (SSSR count). The summed E-state index contributed by atoms with van der Waals surface area (Å²) in [6.07, 6.45) is 6.81. The number of hydrogen-bond donors (Lipinski definition) is 1. The number of carbonyl (C=O) groups excluding carboxylic acids is 1. The zero-order valence-corrected chi connectivity index (χ0v) is 19.9. The van der Waals surface area contributed by atoms with Gasteiger partial charge in [-0.15, -0.1) is 17.9 Å². The molecule has 0 saturated heterocycles. The van der Waals surface area contributed by atoms with Crippen LogP contribution in [0.2, 0.25) is 0 Å². The Morgan fingerprint density at radius 3 is 2.62 bits per heavy atom. The van der Waals surface area contributed by atoms with Gasteiger partial charge in [0.15, 0.2) is 5.16 Å². The van der Waals surface area contributed by atoms with Crippen LogP contribution < -0.4 is 11.0 Å². The van der Waals surface area contributed by atoms with E-state index in [2.05, 4.69) is 22.1 Å². The summed E-state index contributed by atoms with van der Waals surface area (Å²) >= 11 is 2.62. The summed E-state index contributed by atoms with van der Waals surface area (Å²) in [5.41, 5.74) is 5.23. The molecule has 0 saturated carbocycles. The van der Waals surface area contributed by atoms with Crippen molar-refractivity contribution in [2.45, 2.75) is 11.7 Å². The summed E-state index contributed by atoms with van der Waals surface area (Å²) < 4.78 is 1.55. The molecule has 0 aliphatic rings. The third-order valence-corrected chi connectivity index (χ3v) is 6.67. The van der Waals surface area contributed by atoms with E-state index in [-0.39, 0.29) is 17.2 Å². The number of aromatic nitrogens is 2. The maximum atomic E-state index is 13.3. The predicted molar refractivity (Wildman–Crippen MR) is 142 cm³/mol. The molecule has 34 heavy (non-hydrogen) atoms. The van der Waals surface area contributed by atoms with Crippen molar-refractivity contribution >= 4 is 51.5 Å². The van der Waals surface area contributed by atoms with Gasteiger partial charge in [0, 0.05) is 23.7 Å². The van der Waals surface area contributed by atoms with E-state index in [0.29, 0.717) is 21.9 Å². The minimum atomic E-state index is -0.287. The van der Waals surface area contributed by atoms with E-state index in [4.69, 9.17) is 0 Å². The molecule has 0 spiro atoms. The third-order valence-electron chi connectivity index (χ3n) is 4.83. The van der Waals surface area contributed by atoms with Gasteiger partial charge >= 0.3 is 0 Å². The topological polar surface area (TPSA) is 76.3 Å². The molecule has 0 bridgehead atoms. The van der Waals surface area contributed by atoms with Crippen LogP contribution in [0.4, 0.5) is 0 Å². The number of allylic oxidation sites excluding steroid dienone is 2. The Morgan fingerprint density at radius 2 is 1.88 bits per heavy atom. The second-order valence-electron chi connectivity index (χ2n) is 7.17. The average Bonchev–Trinajstić information content (AvgIpc) is 3.30. The minimum absolute atomic E-state index is 0.0751. The third kappa shape index (κ3) is 5.59. The molecule has 0 aliphatic heterocycles. The minimum Gasteiger partial charge on any atom is -0.283 e. The highest BCUT2D eigenvalue weighted by atomic mass is 32.2. The number of rotatable bonds is 9. The van der Waals surface area contributed by atoms with Gasteiger partial charge in [-0.25, -0.2) is 10.4 Å². The normalized spacial score (nSPS) is 11.4. The molecule has 2 heterocycles. The molecule has 2 aromatic heterocycles. The van der Waals surface area contributed by atoms with Crippen molar-refractivity contribution in [2.24, 2.45) is 5.10 Å². The number of thiophene rings is 1. The maximum absolute atomic E-state index is 13.3. The van der Waals surface area contributed by atoms with Gasteiger partial charge in [0.2, 0.25) is 0 Å². The summed E-state index contributed by atoms with van der Waals surface area (Å²) in [7, 11) is 0. The number of amides is 1. The molecule has 0 atom stereocenters. The highest BCUT2D eigenvalue weighted by Crippen LogP contribution is 2.32. The monoisotopic (exact) mass is 486 g/mol. The van der Waals surface area contributed by atoms with Crippen molar-refractivity contribution in [3.05, 3.63) is 101 Å². The number of thioether (sulfide) groups is 1. The molecule has 170 valence electrons. The molecule has 6 nitrogen and oxygen atoms in total. The van der Waals surface area contributed by atoms with Crippen molar-refractivity contribution in [1.29, 1.82) is 0 Å². The van der Waals surface area contributed by atoms with Crippen LogP contribution in [0.5, 0.6) is 0 Å². The van der Waals surface area contributed by atoms with Crippen molar-refractivity contribution in [3.8, 4) is 11.1 Å². The average molecular weight is 487 g/mol. The molecule has 2 aromatic carbocycles. The van der Waals surface area contributed by atoms with Gasteiger partial charge in [0.05, 0.1) is 11.1 Å². The second-order valence-corrected chi connectivity index (χ2v) is 8.97. The van der Waals surface area contributed by atoms with Crippen LogP contribution in [-0.4, -0.2) is 27.4 Å². The van der Waals surface area contributed by atoms with Crippen molar-refractivity contribution in [2.75, 3.05) is 5.75 Å².